The lowest BCUT2D eigenvalue weighted by molar-refractivity contribution is -0.117. The average molecular weight is 369 g/mol. The lowest BCUT2D eigenvalue weighted by atomic mass is 9.95. The molecule has 7 heteroatoms. The molecule has 1 aromatic heterocycles. The summed E-state index contributed by atoms with van der Waals surface area (Å²) in [5, 5.41) is 17.6. The van der Waals surface area contributed by atoms with Crippen molar-refractivity contribution in [2.75, 3.05) is 31.1 Å². The van der Waals surface area contributed by atoms with E-state index in [1.165, 1.54) is 0 Å². The second-order valence-corrected chi connectivity index (χ2v) is 7.68. The third kappa shape index (κ3) is 3.75. The molecule has 0 radical (unpaired) electrons. The smallest absolute Gasteiger partial charge is 0.227 e. The van der Waals surface area contributed by atoms with Crippen molar-refractivity contribution in [1.82, 2.24) is 19.7 Å². The van der Waals surface area contributed by atoms with Crippen LogP contribution in [0.1, 0.15) is 36.8 Å². The highest BCUT2D eigenvalue weighted by Crippen LogP contribution is 2.29. The van der Waals surface area contributed by atoms with Crippen LogP contribution in [0.25, 0.3) is 0 Å². The Labute approximate surface area is 159 Å². The maximum Gasteiger partial charge on any atom is 0.227 e. The number of rotatable bonds is 5. The van der Waals surface area contributed by atoms with E-state index in [-0.39, 0.29) is 12.5 Å². The Morgan fingerprint density at radius 2 is 1.89 bits per heavy atom. The summed E-state index contributed by atoms with van der Waals surface area (Å²) in [6.45, 7) is 3.74. The molecule has 1 atom stereocenters. The topological polar surface area (TPSA) is 74.5 Å². The number of likely N-dealkylation sites (tertiary alicyclic amines) is 1. The summed E-state index contributed by atoms with van der Waals surface area (Å²) in [6, 6.07) is 9.96. The van der Waals surface area contributed by atoms with E-state index in [9.17, 15) is 9.90 Å². The third-order valence-corrected chi connectivity index (χ3v) is 5.88. The van der Waals surface area contributed by atoms with Crippen molar-refractivity contribution in [1.29, 1.82) is 0 Å². The van der Waals surface area contributed by atoms with E-state index in [2.05, 4.69) is 15.1 Å². The van der Waals surface area contributed by atoms with Gasteiger partial charge in [0.15, 0.2) is 5.82 Å². The predicted molar refractivity (Wildman–Crippen MR) is 102 cm³/mol. The van der Waals surface area contributed by atoms with E-state index in [1.807, 2.05) is 46.8 Å². The molecule has 0 aliphatic carbocycles. The minimum atomic E-state index is -0.0734. The molecule has 0 spiro atoms. The fourth-order valence-corrected chi connectivity index (χ4v) is 4.37. The Morgan fingerprint density at radius 1 is 1.15 bits per heavy atom. The van der Waals surface area contributed by atoms with Crippen molar-refractivity contribution in [3.8, 4) is 0 Å². The highest BCUT2D eigenvalue weighted by atomic mass is 16.3. The molecule has 3 heterocycles. The van der Waals surface area contributed by atoms with Gasteiger partial charge < -0.3 is 19.5 Å². The van der Waals surface area contributed by atoms with Crippen LogP contribution in [0, 0.1) is 5.92 Å². The number of aromatic nitrogens is 3. The molecule has 27 heavy (non-hydrogen) atoms. The summed E-state index contributed by atoms with van der Waals surface area (Å²) in [7, 11) is 1.93. The number of carbonyl (C=O) groups is 1. The molecule has 144 valence electrons. The first-order chi connectivity index (χ1) is 13.2. The van der Waals surface area contributed by atoms with Gasteiger partial charge in [0.25, 0.3) is 0 Å². The SMILES string of the molecule is Cn1c(CO)nnc1C1CCN(C[C@H]2CC(=O)N(c3ccccc3)C2)CC1. The summed E-state index contributed by atoms with van der Waals surface area (Å²) in [4.78, 5) is 16.8. The summed E-state index contributed by atoms with van der Waals surface area (Å²) < 4.78 is 1.92. The van der Waals surface area contributed by atoms with E-state index in [4.69, 9.17) is 0 Å². The number of aliphatic hydroxyl groups excluding tert-OH is 1. The van der Waals surface area contributed by atoms with E-state index >= 15 is 0 Å². The molecule has 1 aromatic carbocycles. The third-order valence-electron chi connectivity index (χ3n) is 5.88. The predicted octanol–water partition coefficient (Wildman–Crippen LogP) is 1.54. The average Bonchev–Trinajstić information content (AvgIpc) is 3.25. The van der Waals surface area contributed by atoms with Gasteiger partial charge in [0.1, 0.15) is 12.4 Å². The summed E-state index contributed by atoms with van der Waals surface area (Å²) in [5.74, 6) is 2.62. The molecule has 2 fully saturated rings. The molecule has 1 N–H and O–H groups in total. The molecule has 7 nitrogen and oxygen atoms in total. The largest absolute Gasteiger partial charge is 0.388 e. The van der Waals surface area contributed by atoms with Crippen LogP contribution in [-0.4, -0.2) is 56.9 Å². The highest BCUT2D eigenvalue weighted by Gasteiger charge is 2.33. The molecule has 2 aliphatic rings. The number of piperidine rings is 1. The lowest BCUT2D eigenvalue weighted by Crippen LogP contribution is -2.37. The highest BCUT2D eigenvalue weighted by molar-refractivity contribution is 5.95. The van der Waals surface area contributed by atoms with E-state index in [1.54, 1.807) is 0 Å². The van der Waals surface area contributed by atoms with Gasteiger partial charge in [-0.25, -0.2) is 0 Å². The molecule has 0 bridgehead atoms. The zero-order valence-corrected chi connectivity index (χ0v) is 15.8. The van der Waals surface area contributed by atoms with Gasteiger partial charge in [0.05, 0.1) is 0 Å². The van der Waals surface area contributed by atoms with Crippen LogP contribution < -0.4 is 4.90 Å². The molecule has 0 unspecified atom stereocenters. The maximum atomic E-state index is 12.4. The van der Waals surface area contributed by atoms with E-state index in [0.717, 1.165) is 50.5 Å². The van der Waals surface area contributed by atoms with Crippen molar-refractivity contribution in [3.63, 3.8) is 0 Å². The Hall–Kier alpha value is -2.25. The quantitative estimate of drug-likeness (QED) is 0.865. The fourth-order valence-electron chi connectivity index (χ4n) is 4.37. The first kappa shape index (κ1) is 18.1. The number of nitrogens with zero attached hydrogens (tertiary/aromatic N) is 5. The molecular formula is C20H27N5O2. The van der Waals surface area contributed by atoms with Gasteiger partial charge in [0.2, 0.25) is 5.91 Å². The molecule has 0 saturated carbocycles. The zero-order valence-electron chi connectivity index (χ0n) is 15.8. The number of amides is 1. The van der Waals surface area contributed by atoms with Crippen molar-refractivity contribution in [2.24, 2.45) is 13.0 Å². The molecular weight excluding hydrogens is 342 g/mol. The molecule has 4 rings (SSSR count). The van der Waals surface area contributed by atoms with Gasteiger partial charge in [0, 0.05) is 38.2 Å². The summed E-state index contributed by atoms with van der Waals surface area (Å²) >= 11 is 0. The first-order valence-corrected chi connectivity index (χ1v) is 9.72. The van der Waals surface area contributed by atoms with Crippen molar-refractivity contribution >= 4 is 11.6 Å². The second kappa shape index (κ2) is 7.78. The van der Waals surface area contributed by atoms with Crippen LogP contribution >= 0.6 is 0 Å². The van der Waals surface area contributed by atoms with E-state index < -0.39 is 0 Å². The first-order valence-electron chi connectivity index (χ1n) is 9.72. The standard InChI is InChI=1S/C20H27N5O2/c1-23-18(14-26)21-22-20(23)16-7-9-24(10-8-16)12-15-11-19(27)25(13-15)17-5-3-2-4-6-17/h2-6,15-16,26H,7-14H2,1H3/t15-/m1/s1. The van der Waals surface area contributed by atoms with Crippen LogP contribution in [0.15, 0.2) is 30.3 Å². The van der Waals surface area contributed by atoms with Gasteiger partial charge in [-0.1, -0.05) is 18.2 Å². The Bertz CT molecular complexity index is 783. The second-order valence-electron chi connectivity index (χ2n) is 7.68. The van der Waals surface area contributed by atoms with Crippen LogP contribution in [0.2, 0.25) is 0 Å². The minimum absolute atomic E-state index is 0.0734. The number of hydrogen-bond donors (Lipinski definition) is 1. The molecule has 2 aliphatic heterocycles. The fraction of sp³-hybridized carbons (Fsp3) is 0.550. The Balaban J connectivity index is 1.31. The van der Waals surface area contributed by atoms with Gasteiger partial charge in [-0.3, -0.25) is 4.79 Å². The molecule has 2 aromatic rings. The number of anilines is 1. The summed E-state index contributed by atoms with van der Waals surface area (Å²) in [6.07, 6.45) is 2.72. The Morgan fingerprint density at radius 3 is 2.56 bits per heavy atom. The normalized spacial score (nSPS) is 21.9. The van der Waals surface area contributed by atoms with Crippen molar-refractivity contribution in [3.05, 3.63) is 42.0 Å². The maximum absolute atomic E-state index is 12.4. The van der Waals surface area contributed by atoms with Crippen molar-refractivity contribution < 1.29 is 9.90 Å². The number of para-hydroxylation sites is 1. The number of benzene rings is 1. The Kier molecular flexibility index (Phi) is 5.22. The van der Waals surface area contributed by atoms with Crippen LogP contribution in [0.5, 0.6) is 0 Å². The lowest BCUT2D eigenvalue weighted by Gasteiger charge is -2.33. The van der Waals surface area contributed by atoms with Crippen molar-refractivity contribution in [2.45, 2.75) is 31.8 Å². The molecule has 2 saturated heterocycles. The monoisotopic (exact) mass is 369 g/mol. The zero-order chi connectivity index (χ0) is 18.8. The number of carbonyl (C=O) groups excluding carboxylic acids is 1. The minimum Gasteiger partial charge on any atom is -0.388 e. The van der Waals surface area contributed by atoms with Gasteiger partial charge in [-0.05, 0) is 44.0 Å². The van der Waals surface area contributed by atoms with Gasteiger partial charge in [-0.2, -0.15) is 0 Å². The number of aliphatic hydroxyl groups is 1. The summed E-state index contributed by atoms with van der Waals surface area (Å²) in [5.41, 5.74) is 1.01. The molecule has 1 amide bonds. The van der Waals surface area contributed by atoms with E-state index in [0.29, 0.717) is 24.1 Å². The van der Waals surface area contributed by atoms with Crippen LogP contribution in [-0.2, 0) is 18.4 Å². The van der Waals surface area contributed by atoms with Crippen LogP contribution in [0.4, 0.5) is 5.69 Å². The van der Waals surface area contributed by atoms with Gasteiger partial charge in [-0.15, -0.1) is 10.2 Å². The van der Waals surface area contributed by atoms with Crippen LogP contribution in [0.3, 0.4) is 0 Å². The number of hydrogen-bond acceptors (Lipinski definition) is 5. The van der Waals surface area contributed by atoms with Gasteiger partial charge >= 0.3 is 0 Å².